The van der Waals surface area contributed by atoms with Gasteiger partial charge in [0.1, 0.15) is 17.8 Å². The van der Waals surface area contributed by atoms with Gasteiger partial charge in [0, 0.05) is 25.6 Å². The third-order valence-corrected chi connectivity index (χ3v) is 2.11. The summed E-state index contributed by atoms with van der Waals surface area (Å²) in [5.74, 6) is 0.685. The van der Waals surface area contributed by atoms with Crippen LogP contribution >= 0.6 is 0 Å². The summed E-state index contributed by atoms with van der Waals surface area (Å²) >= 11 is 0. The maximum atomic E-state index is 11.7. The Morgan fingerprint density at radius 1 is 1.40 bits per heavy atom. The van der Waals surface area contributed by atoms with Crippen molar-refractivity contribution in [3.05, 3.63) is 42.5 Å². The smallest absolute Gasteiger partial charge is 0.188 e. The number of aryl methyl sites for hydroxylation is 1. The van der Waals surface area contributed by atoms with Gasteiger partial charge >= 0.3 is 0 Å². The van der Waals surface area contributed by atoms with Gasteiger partial charge in [-0.15, -0.1) is 0 Å². The summed E-state index contributed by atoms with van der Waals surface area (Å²) in [4.78, 5) is 23.5. The Bertz CT molecular complexity index is 463. The molecule has 5 heteroatoms. The number of imidazole rings is 1. The lowest BCUT2D eigenvalue weighted by Crippen LogP contribution is -2.09. The van der Waals surface area contributed by atoms with E-state index in [9.17, 15) is 4.79 Å². The number of ketones is 1. The second-order valence-electron chi connectivity index (χ2n) is 3.15. The van der Waals surface area contributed by atoms with E-state index in [2.05, 4.69) is 15.0 Å². The highest BCUT2D eigenvalue weighted by Gasteiger charge is 2.10. The molecule has 0 spiro atoms. The van der Waals surface area contributed by atoms with Gasteiger partial charge in [-0.25, -0.2) is 15.0 Å². The molecule has 2 aromatic rings. The van der Waals surface area contributed by atoms with Gasteiger partial charge in [0.05, 0.1) is 6.42 Å². The molecular weight excluding hydrogens is 192 g/mol. The Labute approximate surface area is 86.8 Å². The predicted octanol–water partition coefficient (Wildman–Crippen LogP) is 0.635. The lowest BCUT2D eigenvalue weighted by atomic mass is 10.2. The maximum absolute atomic E-state index is 11.7. The van der Waals surface area contributed by atoms with E-state index in [4.69, 9.17) is 0 Å². The van der Waals surface area contributed by atoms with Crippen molar-refractivity contribution in [3.8, 4) is 0 Å². The molecular formula is C10H10N4O. The average molecular weight is 202 g/mol. The number of nitrogens with zero attached hydrogens (tertiary/aromatic N) is 4. The fraction of sp³-hybridized carbons (Fsp3) is 0.200. The molecule has 2 heterocycles. The van der Waals surface area contributed by atoms with Gasteiger partial charge < -0.3 is 4.57 Å². The highest BCUT2D eigenvalue weighted by atomic mass is 16.1. The third-order valence-electron chi connectivity index (χ3n) is 2.11. The Morgan fingerprint density at radius 2 is 2.27 bits per heavy atom. The van der Waals surface area contributed by atoms with Gasteiger partial charge in [-0.1, -0.05) is 0 Å². The largest absolute Gasteiger partial charge is 0.338 e. The Morgan fingerprint density at radius 3 is 2.87 bits per heavy atom. The minimum absolute atomic E-state index is 0.0494. The molecule has 15 heavy (non-hydrogen) atoms. The average Bonchev–Trinajstić information content (AvgIpc) is 2.66. The molecule has 0 aliphatic rings. The van der Waals surface area contributed by atoms with E-state index in [0.29, 0.717) is 5.69 Å². The van der Waals surface area contributed by atoms with Gasteiger partial charge in [0.15, 0.2) is 5.78 Å². The van der Waals surface area contributed by atoms with Crippen molar-refractivity contribution < 1.29 is 4.79 Å². The van der Waals surface area contributed by atoms with Crippen LogP contribution in [0.2, 0.25) is 0 Å². The van der Waals surface area contributed by atoms with Crippen molar-refractivity contribution in [1.82, 2.24) is 19.5 Å². The molecule has 0 aliphatic heterocycles. The zero-order valence-corrected chi connectivity index (χ0v) is 8.29. The Hall–Kier alpha value is -2.04. The summed E-state index contributed by atoms with van der Waals surface area (Å²) in [6.45, 7) is 0. The summed E-state index contributed by atoms with van der Waals surface area (Å²) in [6.07, 6.45) is 6.66. The van der Waals surface area contributed by atoms with Crippen LogP contribution in [-0.2, 0) is 13.5 Å². The van der Waals surface area contributed by atoms with Crippen molar-refractivity contribution in [2.24, 2.45) is 7.05 Å². The highest BCUT2D eigenvalue weighted by molar-refractivity contribution is 5.95. The van der Waals surface area contributed by atoms with Crippen molar-refractivity contribution in [3.63, 3.8) is 0 Å². The maximum Gasteiger partial charge on any atom is 0.188 e. The molecule has 0 aromatic carbocycles. The van der Waals surface area contributed by atoms with Gasteiger partial charge in [-0.3, -0.25) is 4.79 Å². The number of Topliss-reactive ketones (excluding diaryl/α,β-unsaturated/α-hetero) is 1. The zero-order valence-electron chi connectivity index (χ0n) is 8.29. The molecule has 0 unspecified atom stereocenters. The van der Waals surface area contributed by atoms with E-state index in [1.165, 1.54) is 6.33 Å². The molecule has 0 N–H and O–H groups in total. The summed E-state index contributed by atoms with van der Waals surface area (Å²) in [7, 11) is 1.86. The first-order chi connectivity index (χ1) is 7.27. The van der Waals surface area contributed by atoms with E-state index in [1.807, 2.05) is 17.8 Å². The summed E-state index contributed by atoms with van der Waals surface area (Å²) < 4.78 is 1.82. The van der Waals surface area contributed by atoms with Crippen molar-refractivity contribution in [2.45, 2.75) is 6.42 Å². The Kier molecular flexibility index (Phi) is 2.53. The molecule has 0 aliphatic carbocycles. The van der Waals surface area contributed by atoms with Crippen LogP contribution < -0.4 is 0 Å². The van der Waals surface area contributed by atoms with Crippen molar-refractivity contribution in [2.75, 3.05) is 0 Å². The number of aromatic nitrogens is 4. The van der Waals surface area contributed by atoms with Gasteiger partial charge in [-0.05, 0) is 6.07 Å². The second-order valence-corrected chi connectivity index (χ2v) is 3.15. The van der Waals surface area contributed by atoms with Gasteiger partial charge in [0.2, 0.25) is 0 Å². The lowest BCUT2D eigenvalue weighted by molar-refractivity contribution is 0.0985. The van der Waals surface area contributed by atoms with E-state index < -0.39 is 0 Å². The first-order valence-electron chi connectivity index (χ1n) is 4.53. The summed E-state index contributed by atoms with van der Waals surface area (Å²) in [6, 6.07) is 1.60. The predicted molar refractivity (Wildman–Crippen MR) is 53.3 cm³/mol. The topological polar surface area (TPSA) is 60.7 Å². The van der Waals surface area contributed by atoms with Crippen LogP contribution in [0.4, 0.5) is 0 Å². The number of carbonyl (C=O) groups is 1. The number of rotatable bonds is 3. The zero-order chi connectivity index (χ0) is 10.7. The normalized spacial score (nSPS) is 10.2. The van der Waals surface area contributed by atoms with Crippen LogP contribution in [0.1, 0.15) is 16.3 Å². The van der Waals surface area contributed by atoms with E-state index >= 15 is 0 Å². The van der Waals surface area contributed by atoms with Gasteiger partial charge in [-0.2, -0.15) is 0 Å². The molecule has 5 nitrogen and oxygen atoms in total. The van der Waals surface area contributed by atoms with Gasteiger partial charge in [0.25, 0.3) is 0 Å². The number of hydrogen-bond acceptors (Lipinski definition) is 4. The summed E-state index contributed by atoms with van der Waals surface area (Å²) in [5.41, 5.74) is 0.424. The minimum atomic E-state index is -0.0494. The number of hydrogen-bond donors (Lipinski definition) is 0. The van der Waals surface area contributed by atoms with Crippen LogP contribution in [0.3, 0.4) is 0 Å². The minimum Gasteiger partial charge on any atom is -0.338 e. The summed E-state index contributed by atoms with van der Waals surface area (Å²) in [5, 5.41) is 0. The molecule has 0 amide bonds. The molecule has 0 fully saturated rings. The van der Waals surface area contributed by atoms with E-state index in [1.54, 1.807) is 18.5 Å². The number of carbonyl (C=O) groups excluding carboxylic acids is 1. The highest BCUT2D eigenvalue weighted by Crippen LogP contribution is 2.01. The van der Waals surface area contributed by atoms with E-state index in [0.717, 1.165) is 5.82 Å². The van der Waals surface area contributed by atoms with Crippen LogP contribution in [0, 0.1) is 0 Å². The molecule has 0 radical (unpaired) electrons. The van der Waals surface area contributed by atoms with Crippen LogP contribution in [0.15, 0.2) is 31.0 Å². The van der Waals surface area contributed by atoms with E-state index in [-0.39, 0.29) is 12.2 Å². The SMILES string of the molecule is Cn1ccnc1CC(=O)c1ccncn1. The fourth-order valence-corrected chi connectivity index (χ4v) is 1.26. The monoisotopic (exact) mass is 202 g/mol. The third kappa shape index (κ3) is 2.07. The molecule has 0 saturated carbocycles. The van der Waals surface area contributed by atoms with Crippen molar-refractivity contribution >= 4 is 5.78 Å². The molecule has 76 valence electrons. The van der Waals surface area contributed by atoms with Crippen LogP contribution in [-0.4, -0.2) is 25.3 Å². The molecule has 2 aromatic heterocycles. The second kappa shape index (κ2) is 4.00. The molecule has 0 atom stereocenters. The van der Waals surface area contributed by atoms with Crippen molar-refractivity contribution in [1.29, 1.82) is 0 Å². The van der Waals surface area contributed by atoms with Crippen LogP contribution in [0.25, 0.3) is 0 Å². The van der Waals surface area contributed by atoms with Crippen LogP contribution in [0.5, 0.6) is 0 Å². The first kappa shape index (κ1) is 9.51. The quantitative estimate of drug-likeness (QED) is 0.685. The first-order valence-corrected chi connectivity index (χ1v) is 4.53. The molecule has 0 bridgehead atoms. The fourth-order valence-electron chi connectivity index (χ4n) is 1.26. The standard InChI is InChI=1S/C10H10N4O/c1-14-5-4-12-10(14)6-9(15)8-2-3-11-7-13-8/h2-5,7H,6H2,1H3. The lowest BCUT2D eigenvalue weighted by Gasteiger charge is -2.00. The Balaban J connectivity index is 2.15. The molecule has 2 rings (SSSR count). The molecule has 0 saturated heterocycles.